The lowest BCUT2D eigenvalue weighted by atomic mass is 9.97. The van der Waals surface area contributed by atoms with Gasteiger partial charge in [-0.2, -0.15) is 4.98 Å². The highest BCUT2D eigenvalue weighted by molar-refractivity contribution is 7.92. The van der Waals surface area contributed by atoms with Crippen LogP contribution in [0.2, 0.25) is 0 Å². The number of amides is 1. The minimum atomic E-state index is -4.02. The fraction of sp³-hybridized carbons (Fsp3) is 0.160. The number of halogens is 1. The van der Waals surface area contributed by atoms with Gasteiger partial charge in [0.05, 0.1) is 10.6 Å². The van der Waals surface area contributed by atoms with Gasteiger partial charge in [0.25, 0.3) is 15.9 Å². The van der Waals surface area contributed by atoms with E-state index in [0.29, 0.717) is 17.4 Å². The second kappa shape index (κ2) is 9.30. The Morgan fingerprint density at radius 1 is 0.943 bits per heavy atom. The molecule has 0 unspecified atom stereocenters. The first kappa shape index (κ1) is 24.1. The van der Waals surface area contributed by atoms with Crippen molar-refractivity contribution in [3.63, 3.8) is 0 Å². The number of benzene rings is 3. The maximum absolute atomic E-state index is 13.8. The van der Waals surface area contributed by atoms with Crippen molar-refractivity contribution >= 4 is 27.3 Å². The summed E-state index contributed by atoms with van der Waals surface area (Å²) in [4.78, 5) is 16.9. The highest BCUT2D eigenvalue weighted by Gasteiger charge is 2.22. The van der Waals surface area contributed by atoms with Crippen molar-refractivity contribution < 1.29 is 22.1 Å². The second-order valence-electron chi connectivity index (χ2n) is 8.81. The van der Waals surface area contributed by atoms with E-state index < -0.39 is 21.7 Å². The third-order valence-electron chi connectivity index (χ3n) is 5.01. The summed E-state index contributed by atoms with van der Waals surface area (Å²) in [5.74, 6) is -0.126. The Labute approximate surface area is 202 Å². The van der Waals surface area contributed by atoms with Gasteiger partial charge in [-0.25, -0.2) is 12.8 Å². The molecule has 8 nitrogen and oxygen atoms in total. The van der Waals surface area contributed by atoms with Crippen LogP contribution in [0.3, 0.4) is 0 Å². The quantitative estimate of drug-likeness (QED) is 0.380. The molecule has 35 heavy (non-hydrogen) atoms. The molecule has 0 saturated heterocycles. The van der Waals surface area contributed by atoms with Crippen molar-refractivity contribution in [3.8, 4) is 11.4 Å². The van der Waals surface area contributed by atoms with E-state index in [9.17, 15) is 17.6 Å². The molecule has 3 aromatic carbocycles. The first-order chi connectivity index (χ1) is 16.5. The van der Waals surface area contributed by atoms with Crippen LogP contribution in [0.1, 0.15) is 37.0 Å². The molecular weight excluding hydrogens is 471 g/mol. The summed E-state index contributed by atoms with van der Waals surface area (Å²) >= 11 is 0. The lowest BCUT2D eigenvalue weighted by molar-refractivity contribution is 0.102. The van der Waals surface area contributed by atoms with Gasteiger partial charge in [0.15, 0.2) is 0 Å². The summed E-state index contributed by atoms with van der Waals surface area (Å²) < 4.78 is 46.4. The molecular formula is C25H23FN4O4S. The van der Waals surface area contributed by atoms with E-state index in [0.717, 1.165) is 11.6 Å². The number of aromatic nitrogens is 2. The van der Waals surface area contributed by atoms with E-state index >= 15 is 0 Å². The summed E-state index contributed by atoms with van der Waals surface area (Å²) in [6, 6.07) is 17.7. The van der Waals surface area contributed by atoms with Gasteiger partial charge < -0.3 is 9.84 Å². The molecule has 0 aliphatic carbocycles. The number of nitrogens with zero attached hydrogens (tertiary/aromatic N) is 2. The number of hydrogen-bond acceptors (Lipinski definition) is 6. The number of para-hydroxylation sites is 1. The monoisotopic (exact) mass is 494 g/mol. The SMILES string of the molecule is CC(C)(C)c1nc(-c2ccc(NC(=O)c3ccc(S(=O)(=O)Nc4ccccc4F)cc3)cc2)no1. The van der Waals surface area contributed by atoms with Gasteiger partial charge >= 0.3 is 0 Å². The Hall–Kier alpha value is -4.05. The highest BCUT2D eigenvalue weighted by Crippen LogP contribution is 2.25. The Morgan fingerprint density at radius 3 is 2.20 bits per heavy atom. The Morgan fingerprint density at radius 2 is 1.60 bits per heavy atom. The van der Waals surface area contributed by atoms with E-state index in [2.05, 4.69) is 20.2 Å². The number of anilines is 2. The van der Waals surface area contributed by atoms with E-state index in [1.54, 1.807) is 24.3 Å². The molecule has 0 aliphatic rings. The zero-order chi connectivity index (χ0) is 25.2. The summed E-state index contributed by atoms with van der Waals surface area (Å²) in [5, 5.41) is 6.76. The summed E-state index contributed by atoms with van der Waals surface area (Å²) in [7, 11) is -4.02. The Kier molecular flexibility index (Phi) is 6.40. The van der Waals surface area contributed by atoms with Crippen molar-refractivity contribution in [3.05, 3.63) is 90.1 Å². The van der Waals surface area contributed by atoms with Crippen molar-refractivity contribution in [1.82, 2.24) is 10.1 Å². The zero-order valence-electron chi connectivity index (χ0n) is 19.2. The van der Waals surface area contributed by atoms with Gasteiger partial charge in [0, 0.05) is 22.2 Å². The predicted molar refractivity (Wildman–Crippen MR) is 130 cm³/mol. The molecule has 4 aromatic rings. The molecule has 2 N–H and O–H groups in total. The van der Waals surface area contributed by atoms with Crippen molar-refractivity contribution in [2.75, 3.05) is 10.0 Å². The minimum Gasteiger partial charge on any atom is -0.338 e. The molecule has 180 valence electrons. The van der Waals surface area contributed by atoms with Crippen LogP contribution in [0.15, 0.2) is 82.2 Å². The number of nitrogens with one attached hydrogen (secondary N) is 2. The smallest absolute Gasteiger partial charge is 0.261 e. The zero-order valence-corrected chi connectivity index (χ0v) is 20.1. The molecule has 1 amide bonds. The molecule has 0 saturated carbocycles. The van der Waals surface area contributed by atoms with E-state index in [-0.39, 0.29) is 21.6 Å². The van der Waals surface area contributed by atoms with Crippen LogP contribution in [0, 0.1) is 5.82 Å². The number of hydrogen-bond donors (Lipinski definition) is 2. The Balaban J connectivity index is 1.43. The third-order valence-corrected chi connectivity index (χ3v) is 6.39. The summed E-state index contributed by atoms with van der Waals surface area (Å²) in [5.41, 5.74) is 1.11. The van der Waals surface area contributed by atoms with Crippen LogP contribution in [0.4, 0.5) is 15.8 Å². The average Bonchev–Trinajstić information content (AvgIpc) is 3.32. The molecule has 1 heterocycles. The summed E-state index contributed by atoms with van der Waals surface area (Å²) in [6.45, 7) is 5.93. The van der Waals surface area contributed by atoms with Gasteiger partial charge in [-0.3, -0.25) is 9.52 Å². The van der Waals surface area contributed by atoms with Crippen molar-refractivity contribution in [2.45, 2.75) is 31.1 Å². The highest BCUT2D eigenvalue weighted by atomic mass is 32.2. The van der Waals surface area contributed by atoms with Crippen molar-refractivity contribution in [2.24, 2.45) is 0 Å². The molecule has 0 fully saturated rings. The molecule has 0 aliphatic heterocycles. The molecule has 0 spiro atoms. The van der Waals surface area contributed by atoms with E-state index in [4.69, 9.17) is 4.52 Å². The van der Waals surface area contributed by atoms with Crippen molar-refractivity contribution in [1.29, 1.82) is 0 Å². The topological polar surface area (TPSA) is 114 Å². The van der Waals surface area contributed by atoms with Crippen LogP contribution in [-0.4, -0.2) is 24.5 Å². The summed E-state index contributed by atoms with van der Waals surface area (Å²) in [6.07, 6.45) is 0. The van der Waals surface area contributed by atoms with Gasteiger partial charge in [-0.15, -0.1) is 0 Å². The fourth-order valence-corrected chi connectivity index (χ4v) is 4.15. The first-order valence-corrected chi connectivity index (χ1v) is 12.1. The number of rotatable bonds is 6. The second-order valence-corrected chi connectivity index (χ2v) is 10.5. The van der Waals surface area contributed by atoms with Gasteiger partial charge in [0.1, 0.15) is 5.82 Å². The Bertz CT molecular complexity index is 1460. The van der Waals surface area contributed by atoms with Gasteiger partial charge in [0.2, 0.25) is 11.7 Å². The fourth-order valence-electron chi connectivity index (χ4n) is 3.08. The molecule has 1 aromatic heterocycles. The third kappa shape index (κ3) is 5.55. The number of carbonyl (C=O) groups excluding carboxylic acids is 1. The number of sulfonamides is 1. The lowest BCUT2D eigenvalue weighted by Gasteiger charge is -2.10. The van der Waals surface area contributed by atoms with Crippen LogP contribution >= 0.6 is 0 Å². The molecule has 0 radical (unpaired) electrons. The standard InChI is InChI=1S/C25H23FN4O4S/c1-25(2,3)24-28-22(29-34-24)16-8-12-18(13-9-16)27-23(31)17-10-14-19(15-11-17)35(32,33)30-21-7-5-4-6-20(21)26/h4-15,30H,1-3H3,(H,27,31). The van der Waals surface area contributed by atoms with Crippen LogP contribution in [0.25, 0.3) is 11.4 Å². The van der Waals surface area contributed by atoms with Gasteiger partial charge in [-0.1, -0.05) is 38.1 Å². The molecule has 10 heteroatoms. The lowest BCUT2D eigenvalue weighted by Crippen LogP contribution is -2.15. The van der Waals surface area contributed by atoms with Gasteiger partial charge in [-0.05, 0) is 60.7 Å². The molecule has 0 bridgehead atoms. The minimum absolute atomic E-state index is 0.101. The molecule has 4 rings (SSSR count). The normalized spacial score (nSPS) is 11.8. The van der Waals surface area contributed by atoms with Crippen LogP contribution in [-0.2, 0) is 15.4 Å². The molecule has 0 atom stereocenters. The number of carbonyl (C=O) groups is 1. The first-order valence-electron chi connectivity index (χ1n) is 10.7. The maximum atomic E-state index is 13.8. The van der Waals surface area contributed by atoms with Crippen LogP contribution < -0.4 is 10.0 Å². The van der Waals surface area contributed by atoms with E-state index in [1.165, 1.54) is 42.5 Å². The van der Waals surface area contributed by atoms with E-state index in [1.807, 2.05) is 20.8 Å². The van der Waals surface area contributed by atoms with Crippen LogP contribution in [0.5, 0.6) is 0 Å². The average molecular weight is 495 g/mol. The maximum Gasteiger partial charge on any atom is 0.261 e. The predicted octanol–water partition coefficient (Wildman–Crippen LogP) is 5.23. The largest absolute Gasteiger partial charge is 0.338 e.